The van der Waals surface area contributed by atoms with Gasteiger partial charge in [-0.3, -0.25) is 4.79 Å². The van der Waals surface area contributed by atoms with Crippen LogP contribution in [0.4, 0.5) is 13.2 Å². The third kappa shape index (κ3) is 8.72. The molecule has 1 N–H and O–H groups in total. The molecule has 1 rings (SSSR count). The summed E-state index contributed by atoms with van der Waals surface area (Å²) in [6.45, 7) is 2.64. The van der Waals surface area contributed by atoms with Crippen molar-refractivity contribution in [2.75, 3.05) is 6.54 Å². The van der Waals surface area contributed by atoms with Gasteiger partial charge in [-0.15, -0.1) is 0 Å². The van der Waals surface area contributed by atoms with Crippen molar-refractivity contribution in [3.05, 3.63) is 35.1 Å². The zero-order chi connectivity index (χ0) is 19.2. The summed E-state index contributed by atoms with van der Waals surface area (Å²) in [5.41, 5.74) is -0.456. The fraction of sp³-hybridized carbons (Fsp3) is 0.667. The van der Waals surface area contributed by atoms with Crippen molar-refractivity contribution >= 4 is 5.91 Å². The smallest absolute Gasteiger partial charge is 0.254 e. The van der Waals surface area contributed by atoms with E-state index in [9.17, 15) is 18.0 Å². The summed E-state index contributed by atoms with van der Waals surface area (Å²) >= 11 is 0. The molecule has 0 aromatic heterocycles. The van der Waals surface area contributed by atoms with Gasteiger partial charge in [0.2, 0.25) is 0 Å². The van der Waals surface area contributed by atoms with Crippen LogP contribution in [0, 0.1) is 17.5 Å². The lowest BCUT2D eigenvalue weighted by atomic mass is 10.1. The number of rotatable bonds is 14. The van der Waals surface area contributed by atoms with Crippen LogP contribution in [0.25, 0.3) is 0 Å². The molecule has 0 fully saturated rings. The maximum Gasteiger partial charge on any atom is 0.254 e. The van der Waals surface area contributed by atoms with Gasteiger partial charge in [-0.05, 0) is 18.6 Å². The Labute approximate surface area is 155 Å². The van der Waals surface area contributed by atoms with Crippen LogP contribution in [-0.2, 0) is 0 Å². The summed E-state index contributed by atoms with van der Waals surface area (Å²) in [7, 11) is 0. The number of unbranched alkanes of at least 4 members (excludes halogenated alkanes) is 11. The molecule has 1 aromatic rings. The first kappa shape index (κ1) is 22.5. The lowest BCUT2D eigenvalue weighted by molar-refractivity contribution is 0.0947. The number of nitrogens with one attached hydrogen (secondary N) is 1. The van der Waals surface area contributed by atoms with E-state index in [1.165, 1.54) is 57.8 Å². The van der Waals surface area contributed by atoms with Gasteiger partial charge in [0.1, 0.15) is 0 Å². The number of hydrogen-bond acceptors (Lipinski definition) is 1. The SMILES string of the molecule is CCCCCCCCCCCCCCNC(=O)c1ccc(F)c(F)c1F. The van der Waals surface area contributed by atoms with Crippen LogP contribution >= 0.6 is 0 Å². The molecule has 0 atom stereocenters. The van der Waals surface area contributed by atoms with E-state index >= 15 is 0 Å². The highest BCUT2D eigenvalue weighted by Gasteiger charge is 2.18. The van der Waals surface area contributed by atoms with Crippen molar-refractivity contribution in [2.24, 2.45) is 0 Å². The van der Waals surface area contributed by atoms with Gasteiger partial charge < -0.3 is 5.32 Å². The molecular formula is C21H32F3NO. The Kier molecular flexibility index (Phi) is 11.8. The van der Waals surface area contributed by atoms with Gasteiger partial charge in [0.15, 0.2) is 17.5 Å². The van der Waals surface area contributed by atoms with Gasteiger partial charge in [-0.2, -0.15) is 0 Å². The molecule has 0 saturated carbocycles. The van der Waals surface area contributed by atoms with Crippen molar-refractivity contribution < 1.29 is 18.0 Å². The minimum atomic E-state index is -1.61. The van der Waals surface area contributed by atoms with Gasteiger partial charge in [0, 0.05) is 6.54 Å². The standard InChI is InChI=1S/C21H32F3NO/c1-2-3-4-5-6-7-8-9-10-11-12-13-16-25-21(26)17-14-15-18(22)20(24)19(17)23/h14-15H,2-13,16H2,1H3,(H,25,26). The molecule has 0 unspecified atom stereocenters. The second-order valence-corrected chi connectivity index (χ2v) is 6.87. The molecule has 0 heterocycles. The van der Waals surface area contributed by atoms with Crippen molar-refractivity contribution in [3.8, 4) is 0 Å². The Morgan fingerprint density at radius 3 is 1.81 bits per heavy atom. The number of carbonyl (C=O) groups is 1. The van der Waals surface area contributed by atoms with E-state index in [0.29, 0.717) is 6.54 Å². The number of benzene rings is 1. The van der Waals surface area contributed by atoms with Crippen molar-refractivity contribution in [1.82, 2.24) is 5.32 Å². The predicted molar refractivity (Wildman–Crippen MR) is 99.7 cm³/mol. The van der Waals surface area contributed by atoms with Gasteiger partial charge in [0.25, 0.3) is 5.91 Å². The predicted octanol–water partition coefficient (Wildman–Crippen LogP) is 6.53. The van der Waals surface area contributed by atoms with Gasteiger partial charge >= 0.3 is 0 Å². The van der Waals surface area contributed by atoms with Gasteiger partial charge in [-0.25, -0.2) is 13.2 Å². The molecular weight excluding hydrogens is 339 g/mol. The highest BCUT2D eigenvalue weighted by molar-refractivity contribution is 5.94. The molecule has 0 saturated heterocycles. The maximum atomic E-state index is 13.5. The Morgan fingerprint density at radius 1 is 0.769 bits per heavy atom. The molecule has 0 aliphatic carbocycles. The molecule has 26 heavy (non-hydrogen) atoms. The summed E-state index contributed by atoms with van der Waals surface area (Å²) in [6, 6.07) is 1.72. The fourth-order valence-corrected chi connectivity index (χ4v) is 2.96. The summed E-state index contributed by atoms with van der Waals surface area (Å²) in [5.74, 6) is -5.04. The van der Waals surface area contributed by atoms with E-state index in [1.54, 1.807) is 0 Å². The van der Waals surface area contributed by atoms with Crippen LogP contribution in [-0.4, -0.2) is 12.5 Å². The first-order valence-electron chi connectivity index (χ1n) is 9.99. The summed E-state index contributed by atoms with van der Waals surface area (Å²) in [6.07, 6.45) is 14.7. The van der Waals surface area contributed by atoms with Crippen LogP contribution in [0.3, 0.4) is 0 Å². The van der Waals surface area contributed by atoms with Crippen molar-refractivity contribution in [1.29, 1.82) is 0 Å². The topological polar surface area (TPSA) is 29.1 Å². The lowest BCUT2D eigenvalue weighted by Crippen LogP contribution is -2.25. The molecule has 2 nitrogen and oxygen atoms in total. The zero-order valence-electron chi connectivity index (χ0n) is 15.9. The molecule has 0 radical (unpaired) electrons. The first-order valence-corrected chi connectivity index (χ1v) is 9.99. The van der Waals surface area contributed by atoms with Gasteiger partial charge in [-0.1, -0.05) is 77.6 Å². The van der Waals surface area contributed by atoms with Crippen molar-refractivity contribution in [3.63, 3.8) is 0 Å². The molecule has 148 valence electrons. The minimum absolute atomic E-state index is 0.411. The molecule has 0 aliphatic heterocycles. The number of carbonyl (C=O) groups excluding carboxylic acids is 1. The Hall–Kier alpha value is -1.52. The average Bonchev–Trinajstić information content (AvgIpc) is 2.63. The Balaban J connectivity index is 2.01. The highest BCUT2D eigenvalue weighted by atomic mass is 19.2. The number of hydrogen-bond donors (Lipinski definition) is 1. The zero-order valence-corrected chi connectivity index (χ0v) is 15.9. The van der Waals surface area contributed by atoms with Crippen LogP contribution in [0.1, 0.15) is 94.3 Å². The molecule has 0 aliphatic rings. The van der Waals surface area contributed by atoms with E-state index in [0.717, 1.165) is 31.4 Å². The number of amides is 1. The summed E-state index contributed by atoms with van der Waals surface area (Å²) < 4.78 is 39.5. The molecule has 0 bridgehead atoms. The second-order valence-electron chi connectivity index (χ2n) is 6.87. The van der Waals surface area contributed by atoms with E-state index < -0.39 is 28.9 Å². The molecule has 0 spiro atoms. The van der Waals surface area contributed by atoms with Crippen LogP contribution in [0.2, 0.25) is 0 Å². The lowest BCUT2D eigenvalue weighted by Gasteiger charge is -2.07. The third-order valence-corrected chi connectivity index (χ3v) is 4.60. The Morgan fingerprint density at radius 2 is 1.27 bits per heavy atom. The summed E-state index contributed by atoms with van der Waals surface area (Å²) in [5, 5.41) is 2.55. The van der Waals surface area contributed by atoms with Crippen LogP contribution < -0.4 is 5.32 Å². The number of halogens is 3. The van der Waals surface area contributed by atoms with E-state index in [1.807, 2.05) is 0 Å². The van der Waals surface area contributed by atoms with E-state index in [2.05, 4.69) is 12.2 Å². The first-order chi connectivity index (χ1) is 12.6. The van der Waals surface area contributed by atoms with Crippen LogP contribution in [0.5, 0.6) is 0 Å². The second kappa shape index (κ2) is 13.7. The quantitative estimate of drug-likeness (QED) is 0.292. The van der Waals surface area contributed by atoms with Crippen molar-refractivity contribution in [2.45, 2.75) is 84.0 Å². The van der Waals surface area contributed by atoms with E-state index in [4.69, 9.17) is 0 Å². The summed E-state index contributed by atoms with van der Waals surface area (Å²) in [4.78, 5) is 11.8. The third-order valence-electron chi connectivity index (χ3n) is 4.60. The van der Waals surface area contributed by atoms with E-state index in [-0.39, 0.29) is 0 Å². The average molecular weight is 371 g/mol. The largest absolute Gasteiger partial charge is 0.352 e. The maximum absolute atomic E-state index is 13.5. The molecule has 5 heteroatoms. The molecule has 1 aromatic carbocycles. The highest BCUT2D eigenvalue weighted by Crippen LogP contribution is 2.15. The molecule has 1 amide bonds. The Bertz CT molecular complexity index is 534. The monoisotopic (exact) mass is 371 g/mol. The fourth-order valence-electron chi connectivity index (χ4n) is 2.96. The van der Waals surface area contributed by atoms with Crippen LogP contribution in [0.15, 0.2) is 12.1 Å². The van der Waals surface area contributed by atoms with Gasteiger partial charge in [0.05, 0.1) is 5.56 Å². The minimum Gasteiger partial charge on any atom is -0.352 e. The normalized spacial score (nSPS) is 10.9.